The highest BCUT2D eigenvalue weighted by atomic mass is 16.5. The summed E-state index contributed by atoms with van der Waals surface area (Å²) in [5, 5.41) is 9.95. The fourth-order valence-corrected chi connectivity index (χ4v) is 6.84. The molecule has 1 heterocycles. The van der Waals surface area contributed by atoms with E-state index in [9.17, 15) is 19.5 Å². The van der Waals surface area contributed by atoms with Crippen molar-refractivity contribution >= 4 is 17.5 Å². The Bertz CT molecular complexity index is 838. The van der Waals surface area contributed by atoms with Crippen molar-refractivity contribution in [3.8, 4) is 0 Å². The van der Waals surface area contributed by atoms with Gasteiger partial charge in [0.2, 0.25) is 5.78 Å². The lowest BCUT2D eigenvalue weighted by Crippen LogP contribution is -2.69. The maximum atomic E-state index is 13.7. The highest BCUT2D eigenvalue weighted by Crippen LogP contribution is 2.67. The van der Waals surface area contributed by atoms with Crippen LogP contribution in [0.25, 0.3) is 0 Å². The number of ether oxygens (including phenoxy) is 2. The van der Waals surface area contributed by atoms with Gasteiger partial charge in [-0.05, 0) is 31.3 Å². The van der Waals surface area contributed by atoms with Gasteiger partial charge in [-0.15, -0.1) is 0 Å². The van der Waals surface area contributed by atoms with E-state index in [0.717, 1.165) is 5.57 Å². The normalized spacial score (nSPS) is 45.1. The molecule has 4 rings (SSSR count). The summed E-state index contributed by atoms with van der Waals surface area (Å²) in [7, 11) is 1.48. The van der Waals surface area contributed by atoms with Crippen molar-refractivity contribution in [3.05, 3.63) is 23.0 Å². The van der Waals surface area contributed by atoms with Crippen molar-refractivity contribution in [2.75, 3.05) is 13.7 Å². The molecule has 0 spiro atoms. The predicted molar refractivity (Wildman–Crippen MR) is 99.9 cm³/mol. The van der Waals surface area contributed by atoms with Crippen LogP contribution in [-0.2, 0) is 23.9 Å². The lowest BCUT2D eigenvalue weighted by Gasteiger charge is -2.64. The molecule has 152 valence electrons. The summed E-state index contributed by atoms with van der Waals surface area (Å²) in [4.78, 5) is 39.6. The van der Waals surface area contributed by atoms with E-state index in [1.54, 1.807) is 0 Å². The molecule has 6 nitrogen and oxygen atoms in total. The Hall–Kier alpha value is -1.95. The zero-order chi connectivity index (χ0) is 20.6. The number of esters is 1. The Labute approximate surface area is 165 Å². The predicted octanol–water partition coefficient (Wildman–Crippen LogP) is 2.21. The molecule has 0 aromatic heterocycles. The summed E-state index contributed by atoms with van der Waals surface area (Å²) in [5.74, 6) is -1.36. The van der Waals surface area contributed by atoms with Crippen molar-refractivity contribution in [1.82, 2.24) is 0 Å². The molecule has 7 atom stereocenters. The van der Waals surface area contributed by atoms with Crippen LogP contribution < -0.4 is 0 Å². The molecule has 1 saturated carbocycles. The van der Waals surface area contributed by atoms with Crippen molar-refractivity contribution in [2.24, 2.45) is 34.5 Å². The first-order valence-corrected chi connectivity index (χ1v) is 9.97. The van der Waals surface area contributed by atoms with E-state index in [1.165, 1.54) is 7.11 Å². The van der Waals surface area contributed by atoms with Crippen LogP contribution in [0.3, 0.4) is 0 Å². The number of aliphatic hydroxyl groups excluding tert-OH is 1. The summed E-state index contributed by atoms with van der Waals surface area (Å²) in [6.07, 6.45) is 2.11. The molecular formula is C22H28O6. The number of methoxy groups -OCH3 is 1. The third kappa shape index (κ3) is 2.10. The monoisotopic (exact) mass is 388 g/mol. The Kier molecular flexibility index (Phi) is 4.17. The third-order valence-electron chi connectivity index (χ3n) is 8.25. The molecule has 1 aliphatic heterocycles. The topological polar surface area (TPSA) is 89.9 Å². The summed E-state index contributed by atoms with van der Waals surface area (Å²) >= 11 is 0. The fraction of sp³-hybridized carbons (Fsp3) is 0.682. The average Bonchev–Trinajstić information content (AvgIpc) is 2.63. The minimum atomic E-state index is -0.967. The van der Waals surface area contributed by atoms with Crippen molar-refractivity contribution in [1.29, 1.82) is 0 Å². The second-order valence-corrected chi connectivity index (χ2v) is 9.27. The van der Waals surface area contributed by atoms with Crippen molar-refractivity contribution in [2.45, 2.75) is 46.6 Å². The number of Topliss-reactive ketones (excluding diaryl/α,β-unsaturated/α-hetero) is 2. The van der Waals surface area contributed by atoms with Gasteiger partial charge >= 0.3 is 5.97 Å². The Morgan fingerprint density at radius 2 is 1.96 bits per heavy atom. The Morgan fingerprint density at radius 1 is 1.29 bits per heavy atom. The smallest absolute Gasteiger partial charge is 0.306 e. The quantitative estimate of drug-likeness (QED) is 0.730. The van der Waals surface area contributed by atoms with Crippen LogP contribution in [0.5, 0.6) is 0 Å². The molecule has 0 radical (unpaired) electrons. The molecule has 0 aromatic rings. The number of allylic oxidation sites excluding steroid dienone is 3. The number of hydrogen-bond donors (Lipinski definition) is 1. The number of fused-ring (bicyclic) bond motifs is 2. The van der Waals surface area contributed by atoms with Crippen LogP contribution in [0.1, 0.15) is 40.5 Å². The molecule has 6 heteroatoms. The molecule has 0 aromatic carbocycles. The first-order chi connectivity index (χ1) is 13.1. The van der Waals surface area contributed by atoms with Gasteiger partial charge in [0.15, 0.2) is 11.5 Å². The van der Waals surface area contributed by atoms with Gasteiger partial charge in [-0.1, -0.05) is 26.3 Å². The molecular weight excluding hydrogens is 360 g/mol. The number of carbonyl (C=O) groups excluding carboxylic acids is 3. The van der Waals surface area contributed by atoms with Gasteiger partial charge in [-0.2, -0.15) is 0 Å². The average molecular weight is 388 g/mol. The minimum Gasteiger partial charge on any atom is -0.493 e. The zero-order valence-electron chi connectivity index (χ0n) is 17.1. The largest absolute Gasteiger partial charge is 0.493 e. The van der Waals surface area contributed by atoms with Gasteiger partial charge in [-0.3, -0.25) is 14.4 Å². The fourth-order valence-electron chi connectivity index (χ4n) is 6.84. The summed E-state index contributed by atoms with van der Waals surface area (Å²) < 4.78 is 11.2. The summed E-state index contributed by atoms with van der Waals surface area (Å²) in [6, 6.07) is 0. The molecule has 1 saturated heterocycles. The highest BCUT2D eigenvalue weighted by molar-refractivity contribution is 6.08. The summed E-state index contributed by atoms with van der Waals surface area (Å²) in [6.45, 7) is 7.31. The highest BCUT2D eigenvalue weighted by Gasteiger charge is 2.71. The zero-order valence-corrected chi connectivity index (χ0v) is 17.1. The van der Waals surface area contributed by atoms with Crippen LogP contribution in [0.15, 0.2) is 23.0 Å². The standard InChI is InChI=1S/C22H28O6/c1-10-6-15(27-5)20(26)22(4)13(10)7-16-21(3)14(8-17(24)28-16)11(2)12(9-23)18(25)19(21)22/h6,10,13-14,16,19,23H,7-9H2,1-5H3/t10-,13+,14+,16-,19+,21-,22+/m1/s1. The number of rotatable bonds is 2. The first-order valence-electron chi connectivity index (χ1n) is 9.97. The summed E-state index contributed by atoms with van der Waals surface area (Å²) in [5.41, 5.74) is -0.541. The van der Waals surface area contributed by atoms with E-state index >= 15 is 0 Å². The maximum Gasteiger partial charge on any atom is 0.306 e. The van der Waals surface area contributed by atoms with Crippen LogP contribution in [0, 0.1) is 34.5 Å². The molecule has 4 aliphatic rings. The second kappa shape index (κ2) is 6.02. The van der Waals surface area contributed by atoms with E-state index < -0.39 is 22.9 Å². The third-order valence-corrected chi connectivity index (χ3v) is 8.25. The second-order valence-electron chi connectivity index (χ2n) is 9.27. The van der Waals surface area contributed by atoms with Crippen LogP contribution in [0.2, 0.25) is 0 Å². The molecule has 28 heavy (non-hydrogen) atoms. The Balaban J connectivity index is 1.99. The SMILES string of the molecule is COC1=C[C@@H](C)[C@@H]2C[C@H]3OC(=O)C[C@H]4C(C)=C(CO)C(=O)[C@H]([C@@]2(C)C1=O)[C@@]34C. The number of aliphatic hydroxyl groups is 1. The van der Waals surface area contributed by atoms with E-state index in [0.29, 0.717) is 17.8 Å². The van der Waals surface area contributed by atoms with E-state index in [-0.39, 0.29) is 48.3 Å². The minimum absolute atomic E-state index is 0.00124. The van der Waals surface area contributed by atoms with E-state index in [4.69, 9.17) is 9.47 Å². The molecule has 3 aliphatic carbocycles. The number of ketones is 2. The van der Waals surface area contributed by atoms with Crippen molar-refractivity contribution in [3.63, 3.8) is 0 Å². The maximum absolute atomic E-state index is 13.7. The Morgan fingerprint density at radius 3 is 2.57 bits per heavy atom. The van der Waals surface area contributed by atoms with Crippen LogP contribution in [-0.4, -0.2) is 42.5 Å². The number of carbonyl (C=O) groups is 3. The van der Waals surface area contributed by atoms with Gasteiger partial charge in [0.05, 0.1) is 20.1 Å². The van der Waals surface area contributed by atoms with Gasteiger partial charge < -0.3 is 14.6 Å². The molecule has 0 bridgehead atoms. The van der Waals surface area contributed by atoms with E-state index in [2.05, 4.69) is 0 Å². The van der Waals surface area contributed by atoms with Gasteiger partial charge in [0.1, 0.15) is 6.10 Å². The van der Waals surface area contributed by atoms with E-state index in [1.807, 2.05) is 33.8 Å². The molecule has 1 N–H and O–H groups in total. The van der Waals surface area contributed by atoms with Gasteiger partial charge in [-0.25, -0.2) is 0 Å². The molecule has 2 fully saturated rings. The van der Waals surface area contributed by atoms with Gasteiger partial charge in [0.25, 0.3) is 0 Å². The van der Waals surface area contributed by atoms with Gasteiger partial charge in [0, 0.05) is 28.2 Å². The van der Waals surface area contributed by atoms with Crippen LogP contribution >= 0.6 is 0 Å². The molecule has 0 amide bonds. The van der Waals surface area contributed by atoms with Crippen LogP contribution in [0.4, 0.5) is 0 Å². The van der Waals surface area contributed by atoms with Crippen molar-refractivity contribution < 1.29 is 29.0 Å². The number of hydrogen-bond acceptors (Lipinski definition) is 6. The molecule has 0 unspecified atom stereocenters. The first kappa shape index (κ1) is 19.4. The lowest BCUT2D eigenvalue weighted by atomic mass is 9.39. The lowest BCUT2D eigenvalue weighted by molar-refractivity contribution is -0.215.